The molecule has 19 heavy (non-hydrogen) atoms. The standard InChI is InChI=1S/C15H12Cl2N2/c1-19(10-12-4-2-3-5-13(12)16)15-7-6-11(9-18)8-14(15)17/h2-8H,10H2,1H3. The normalized spacial score (nSPS) is 10.0. The molecule has 0 aliphatic heterocycles. The van der Waals surface area contributed by atoms with E-state index in [9.17, 15) is 0 Å². The molecule has 0 saturated carbocycles. The fourth-order valence-electron chi connectivity index (χ4n) is 1.85. The third-order valence-corrected chi connectivity index (χ3v) is 3.52. The molecule has 0 atom stereocenters. The van der Waals surface area contributed by atoms with Gasteiger partial charge in [-0.1, -0.05) is 41.4 Å². The Morgan fingerprint density at radius 2 is 1.84 bits per heavy atom. The largest absolute Gasteiger partial charge is 0.369 e. The lowest BCUT2D eigenvalue weighted by atomic mass is 10.2. The average molecular weight is 291 g/mol. The third-order valence-electron chi connectivity index (χ3n) is 2.85. The maximum atomic E-state index is 8.82. The molecule has 0 aromatic heterocycles. The first-order chi connectivity index (χ1) is 9.11. The van der Waals surface area contributed by atoms with E-state index in [0.29, 0.717) is 17.1 Å². The van der Waals surface area contributed by atoms with Crippen molar-refractivity contribution in [2.24, 2.45) is 0 Å². The zero-order valence-electron chi connectivity index (χ0n) is 10.4. The summed E-state index contributed by atoms with van der Waals surface area (Å²) in [5.74, 6) is 0. The van der Waals surface area contributed by atoms with Crippen LogP contribution >= 0.6 is 23.2 Å². The first-order valence-electron chi connectivity index (χ1n) is 5.76. The van der Waals surface area contributed by atoms with Crippen molar-refractivity contribution >= 4 is 28.9 Å². The summed E-state index contributed by atoms with van der Waals surface area (Å²) in [5, 5.41) is 10.1. The van der Waals surface area contributed by atoms with Crippen LogP contribution in [0.25, 0.3) is 0 Å². The van der Waals surface area contributed by atoms with E-state index in [1.165, 1.54) is 0 Å². The number of hydrogen-bond acceptors (Lipinski definition) is 2. The minimum Gasteiger partial charge on any atom is -0.369 e. The Hall–Kier alpha value is -1.69. The first-order valence-corrected chi connectivity index (χ1v) is 6.51. The van der Waals surface area contributed by atoms with Crippen molar-refractivity contribution in [2.45, 2.75) is 6.54 Å². The third kappa shape index (κ3) is 3.20. The zero-order chi connectivity index (χ0) is 13.8. The molecule has 0 unspecified atom stereocenters. The smallest absolute Gasteiger partial charge is 0.0992 e. The molecular weight excluding hydrogens is 279 g/mol. The SMILES string of the molecule is CN(Cc1ccccc1Cl)c1ccc(C#N)cc1Cl. The van der Waals surface area contributed by atoms with Crippen molar-refractivity contribution in [3.63, 3.8) is 0 Å². The minimum absolute atomic E-state index is 0.555. The van der Waals surface area contributed by atoms with Crippen molar-refractivity contribution in [3.05, 3.63) is 63.6 Å². The molecule has 0 saturated heterocycles. The van der Waals surface area contributed by atoms with Crippen molar-refractivity contribution in [3.8, 4) is 6.07 Å². The molecule has 4 heteroatoms. The fraction of sp³-hybridized carbons (Fsp3) is 0.133. The van der Waals surface area contributed by atoms with Crippen molar-refractivity contribution in [2.75, 3.05) is 11.9 Å². The molecule has 96 valence electrons. The van der Waals surface area contributed by atoms with Gasteiger partial charge in [0.1, 0.15) is 0 Å². The second kappa shape index (κ2) is 5.97. The van der Waals surface area contributed by atoms with Gasteiger partial charge in [-0.3, -0.25) is 0 Å². The molecule has 0 N–H and O–H groups in total. The van der Waals surface area contributed by atoms with E-state index in [1.807, 2.05) is 42.3 Å². The van der Waals surface area contributed by atoms with Gasteiger partial charge >= 0.3 is 0 Å². The van der Waals surface area contributed by atoms with E-state index in [1.54, 1.807) is 12.1 Å². The summed E-state index contributed by atoms with van der Waals surface area (Å²) in [4.78, 5) is 2.00. The first kappa shape index (κ1) is 13.7. The van der Waals surface area contributed by atoms with Crippen LogP contribution < -0.4 is 4.90 Å². The van der Waals surface area contributed by atoms with E-state index in [0.717, 1.165) is 16.3 Å². The van der Waals surface area contributed by atoms with E-state index in [-0.39, 0.29) is 0 Å². The van der Waals surface area contributed by atoms with Crippen LogP contribution in [0.5, 0.6) is 0 Å². The second-order valence-electron chi connectivity index (χ2n) is 4.23. The van der Waals surface area contributed by atoms with E-state index < -0.39 is 0 Å². The van der Waals surface area contributed by atoms with Crippen LogP contribution in [0.3, 0.4) is 0 Å². The van der Waals surface area contributed by atoms with Gasteiger partial charge in [-0.25, -0.2) is 0 Å². The topological polar surface area (TPSA) is 27.0 Å². The molecule has 2 rings (SSSR count). The summed E-state index contributed by atoms with van der Waals surface area (Å²) >= 11 is 12.3. The van der Waals surface area contributed by atoms with E-state index in [2.05, 4.69) is 6.07 Å². The van der Waals surface area contributed by atoms with Gasteiger partial charge in [-0.05, 0) is 29.8 Å². The number of hydrogen-bond donors (Lipinski definition) is 0. The van der Waals surface area contributed by atoms with Crippen molar-refractivity contribution in [1.29, 1.82) is 5.26 Å². The highest BCUT2D eigenvalue weighted by atomic mass is 35.5. The Labute approximate surface area is 122 Å². The van der Waals surface area contributed by atoms with Gasteiger partial charge in [-0.15, -0.1) is 0 Å². The lowest BCUT2D eigenvalue weighted by molar-refractivity contribution is 0.923. The van der Waals surface area contributed by atoms with Crippen LogP contribution in [-0.2, 0) is 6.54 Å². The highest BCUT2D eigenvalue weighted by Crippen LogP contribution is 2.28. The Kier molecular flexibility index (Phi) is 4.31. The molecule has 0 spiro atoms. The van der Waals surface area contributed by atoms with Crippen LogP contribution in [0.2, 0.25) is 10.0 Å². The highest BCUT2D eigenvalue weighted by Gasteiger charge is 2.09. The van der Waals surface area contributed by atoms with Gasteiger partial charge in [0.15, 0.2) is 0 Å². The average Bonchev–Trinajstić information content (AvgIpc) is 2.41. The number of rotatable bonds is 3. The molecule has 2 aromatic carbocycles. The molecule has 0 amide bonds. The fourth-order valence-corrected chi connectivity index (χ4v) is 2.37. The minimum atomic E-state index is 0.555. The van der Waals surface area contributed by atoms with Gasteiger partial charge in [0.25, 0.3) is 0 Å². The summed E-state index contributed by atoms with van der Waals surface area (Å²) in [7, 11) is 1.94. The highest BCUT2D eigenvalue weighted by molar-refractivity contribution is 6.33. The maximum absolute atomic E-state index is 8.82. The molecule has 0 fully saturated rings. The Morgan fingerprint density at radius 3 is 2.47 bits per heavy atom. The van der Waals surface area contributed by atoms with E-state index in [4.69, 9.17) is 28.5 Å². The van der Waals surface area contributed by atoms with Crippen LogP contribution in [0.1, 0.15) is 11.1 Å². The molecule has 0 aliphatic rings. The predicted octanol–water partition coefficient (Wildman–Crippen LogP) is 4.50. The lowest BCUT2D eigenvalue weighted by Crippen LogP contribution is -2.17. The number of anilines is 1. The quantitative estimate of drug-likeness (QED) is 0.832. The molecule has 0 bridgehead atoms. The number of nitrogens with zero attached hydrogens (tertiary/aromatic N) is 2. The Morgan fingerprint density at radius 1 is 1.11 bits per heavy atom. The van der Waals surface area contributed by atoms with Crippen LogP contribution in [0.15, 0.2) is 42.5 Å². The Bertz CT molecular complexity index is 632. The summed E-state index contributed by atoms with van der Waals surface area (Å²) < 4.78 is 0. The van der Waals surface area contributed by atoms with Gasteiger partial charge in [0, 0.05) is 18.6 Å². The summed E-state index contributed by atoms with van der Waals surface area (Å²) in [5.41, 5.74) is 2.47. The number of halogens is 2. The van der Waals surface area contributed by atoms with Gasteiger partial charge in [0.2, 0.25) is 0 Å². The zero-order valence-corrected chi connectivity index (χ0v) is 11.9. The number of nitriles is 1. The summed E-state index contributed by atoms with van der Waals surface area (Å²) in [6.45, 7) is 0.658. The molecule has 2 nitrogen and oxygen atoms in total. The van der Waals surface area contributed by atoms with Crippen LogP contribution in [-0.4, -0.2) is 7.05 Å². The summed E-state index contributed by atoms with van der Waals surface area (Å²) in [6.07, 6.45) is 0. The lowest BCUT2D eigenvalue weighted by Gasteiger charge is -2.21. The van der Waals surface area contributed by atoms with Gasteiger partial charge < -0.3 is 4.90 Å². The predicted molar refractivity (Wildman–Crippen MR) is 79.7 cm³/mol. The molecular formula is C15H12Cl2N2. The molecule has 0 heterocycles. The van der Waals surface area contributed by atoms with Crippen LogP contribution in [0, 0.1) is 11.3 Å². The van der Waals surface area contributed by atoms with E-state index >= 15 is 0 Å². The molecule has 0 radical (unpaired) electrons. The summed E-state index contributed by atoms with van der Waals surface area (Å²) in [6, 6.07) is 15.0. The van der Waals surface area contributed by atoms with Crippen LogP contribution in [0.4, 0.5) is 5.69 Å². The Balaban J connectivity index is 2.24. The van der Waals surface area contributed by atoms with Crippen molar-refractivity contribution in [1.82, 2.24) is 0 Å². The van der Waals surface area contributed by atoms with Gasteiger partial charge in [-0.2, -0.15) is 5.26 Å². The molecule has 0 aliphatic carbocycles. The number of benzene rings is 2. The maximum Gasteiger partial charge on any atom is 0.0992 e. The second-order valence-corrected chi connectivity index (χ2v) is 5.04. The molecule has 2 aromatic rings. The van der Waals surface area contributed by atoms with Crippen molar-refractivity contribution < 1.29 is 0 Å². The monoisotopic (exact) mass is 290 g/mol. The van der Waals surface area contributed by atoms with Gasteiger partial charge in [0.05, 0.1) is 22.3 Å².